The highest BCUT2D eigenvalue weighted by atomic mass is 14.9. The van der Waals surface area contributed by atoms with Crippen molar-refractivity contribution >= 4 is 43.4 Å². The Kier molecular flexibility index (Phi) is 10.4. The van der Waals surface area contributed by atoms with Gasteiger partial charge in [0, 0.05) is 33.0 Å². The molecule has 0 saturated heterocycles. The van der Waals surface area contributed by atoms with Gasteiger partial charge in [0.05, 0.1) is 27.8 Å². The fourth-order valence-electron chi connectivity index (χ4n) is 12.0. The molecule has 2 aromatic heterocycles. The lowest BCUT2D eigenvalue weighted by Crippen LogP contribution is -2.28. The van der Waals surface area contributed by atoms with Crippen molar-refractivity contribution in [3.63, 3.8) is 0 Å². The molecule has 0 radical (unpaired) electrons. The van der Waals surface area contributed by atoms with E-state index in [1.165, 1.54) is 66.1 Å². The topological polar surface area (TPSA) is 51.6 Å². The molecule has 4 nitrogen and oxygen atoms in total. The molecule has 358 valence electrons. The van der Waals surface area contributed by atoms with Crippen LogP contribution < -0.4 is 0 Å². The van der Waals surface area contributed by atoms with Crippen LogP contribution >= 0.6 is 0 Å². The van der Waals surface area contributed by atoms with E-state index in [1.807, 2.05) is 0 Å². The average Bonchev–Trinajstić information content (AvgIpc) is 3.81. The fraction of sp³-hybridized carbons (Fsp3) is 0.0137. The number of nitrogens with zero attached hydrogens (tertiary/aromatic N) is 4. The van der Waals surface area contributed by atoms with E-state index >= 15 is 0 Å². The molecule has 77 heavy (non-hydrogen) atoms. The third kappa shape index (κ3) is 7.45. The van der Waals surface area contributed by atoms with E-state index in [1.54, 1.807) is 0 Å². The molecule has 0 atom stereocenters. The quantitative estimate of drug-likeness (QED) is 0.152. The molecular formula is C73H46N4. The van der Waals surface area contributed by atoms with Gasteiger partial charge in [0.15, 0.2) is 11.6 Å². The Morgan fingerprint density at radius 2 is 0.584 bits per heavy atom. The van der Waals surface area contributed by atoms with Crippen molar-refractivity contribution in [3.8, 4) is 78.7 Å². The SMILES string of the molecule is c1ccc(C2(c3ccccc3)c3cc(-c4nc(-c5ccc(-c6ccc7ccccc7c6)cc5)c5ccccc5n4)ccc3-c3ccc(-c4nc(-c5ccc(-c6ccc7ccccc7c6)cc5)c5ccccc5n4)cc32)cc1. The van der Waals surface area contributed by atoms with Crippen LogP contribution in [0.3, 0.4) is 0 Å². The summed E-state index contributed by atoms with van der Waals surface area (Å²) in [4.78, 5) is 21.6. The highest BCUT2D eigenvalue weighted by Gasteiger charge is 2.46. The average molecular weight is 979 g/mol. The number of rotatable bonds is 8. The third-order valence-electron chi connectivity index (χ3n) is 15.8. The summed E-state index contributed by atoms with van der Waals surface area (Å²) in [7, 11) is 0. The molecule has 15 rings (SSSR count). The molecule has 4 heteroatoms. The van der Waals surface area contributed by atoms with Crippen molar-refractivity contribution in [2.75, 3.05) is 0 Å². The molecular weight excluding hydrogens is 933 g/mol. The maximum Gasteiger partial charge on any atom is 0.160 e. The van der Waals surface area contributed by atoms with Gasteiger partial charge < -0.3 is 0 Å². The molecule has 1 aliphatic rings. The predicted molar refractivity (Wildman–Crippen MR) is 318 cm³/mol. The van der Waals surface area contributed by atoms with Gasteiger partial charge in [-0.05, 0) is 114 Å². The molecule has 0 N–H and O–H groups in total. The minimum absolute atomic E-state index is 0.675. The second kappa shape index (κ2) is 18.0. The number of benzene rings is 12. The van der Waals surface area contributed by atoms with Crippen LogP contribution in [0.1, 0.15) is 22.3 Å². The second-order valence-corrected chi connectivity index (χ2v) is 20.1. The summed E-state index contributed by atoms with van der Waals surface area (Å²) in [5.74, 6) is 1.35. The maximum atomic E-state index is 5.47. The third-order valence-corrected chi connectivity index (χ3v) is 15.8. The highest BCUT2D eigenvalue weighted by molar-refractivity contribution is 5.97. The van der Waals surface area contributed by atoms with Gasteiger partial charge in [0.25, 0.3) is 0 Å². The van der Waals surface area contributed by atoms with Gasteiger partial charge in [-0.25, -0.2) is 19.9 Å². The normalized spacial score (nSPS) is 12.5. The Labute approximate surface area is 446 Å². The zero-order valence-electron chi connectivity index (χ0n) is 41.8. The molecule has 14 aromatic rings. The van der Waals surface area contributed by atoms with E-state index in [0.717, 1.165) is 66.6 Å². The molecule has 1 aliphatic carbocycles. The van der Waals surface area contributed by atoms with Crippen molar-refractivity contribution in [1.29, 1.82) is 0 Å². The zero-order chi connectivity index (χ0) is 50.9. The van der Waals surface area contributed by atoms with Crippen molar-refractivity contribution < 1.29 is 0 Å². The number of hydrogen-bond acceptors (Lipinski definition) is 4. The molecule has 0 aliphatic heterocycles. The lowest BCUT2D eigenvalue weighted by atomic mass is 9.67. The number of fused-ring (bicyclic) bond motifs is 7. The largest absolute Gasteiger partial charge is 0.228 e. The second-order valence-electron chi connectivity index (χ2n) is 20.1. The minimum Gasteiger partial charge on any atom is -0.228 e. The summed E-state index contributed by atoms with van der Waals surface area (Å²) in [6, 6.07) is 100. The van der Waals surface area contributed by atoms with Gasteiger partial charge in [-0.1, -0.05) is 243 Å². The van der Waals surface area contributed by atoms with Gasteiger partial charge in [-0.15, -0.1) is 0 Å². The van der Waals surface area contributed by atoms with Gasteiger partial charge in [-0.2, -0.15) is 0 Å². The lowest BCUT2D eigenvalue weighted by molar-refractivity contribution is 0.768. The summed E-state index contributed by atoms with van der Waals surface area (Å²) >= 11 is 0. The summed E-state index contributed by atoms with van der Waals surface area (Å²) in [5.41, 5.74) is 18.5. The van der Waals surface area contributed by atoms with E-state index in [9.17, 15) is 0 Å². The van der Waals surface area contributed by atoms with Crippen molar-refractivity contribution in [1.82, 2.24) is 19.9 Å². The molecule has 12 aromatic carbocycles. The van der Waals surface area contributed by atoms with Crippen LogP contribution in [-0.2, 0) is 5.41 Å². The van der Waals surface area contributed by atoms with E-state index in [4.69, 9.17) is 19.9 Å². The number of hydrogen-bond donors (Lipinski definition) is 0. The zero-order valence-corrected chi connectivity index (χ0v) is 41.8. The van der Waals surface area contributed by atoms with E-state index < -0.39 is 5.41 Å². The Hall–Kier alpha value is -10.2. The molecule has 0 amide bonds. The first-order valence-electron chi connectivity index (χ1n) is 26.3. The summed E-state index contributed by atoms with van der Waals surface area (Å²) in [6.45, 7) is 0. The highest BCUT2D eigenvalue weighted by Crippen LogP contribution is 2.57. The fourth-order valence-corrected chi connectivity index (χ4v) is 12.0. The van der Waals surface area contributed by atoms with E-state index in [0.29, 0.717) is 11.6 Å². The first kappa shape index (κ1) is 44.3. The number of aromatic nitrogens is 4. The van der Waals surface area contributed by atoms with Gasteiger partial charge in [0.2, 0.25) is 0 Å². The first-order chi connectivity index (χ1) is 38.1. The summed E-state index contributed by atoms with van der Waals surface area (Å²) < 4.78 is 0. The van der Waals surface area contributed by atoms with E-state index in [2.05, 4.69) is 279 Å². The lowest BCUT2D eigenvalue weighted by Gasteiger charge is -2.34. The molecule has 0 bridgehead atoms. The smallest absolute Gasteiger partial charge is 0.160 e. The van der Waals surface area contributed by atoms with E-state index in [-0.39, 0.29) is 0 Å². The Bertz CT molecular complexity index is 4310. The maximum absolute atomic E-state index is 5.47. The van der Waals surface area contributed by atoms with Crippen LogP contribution in [0.25, 0.3) is 122 Å². The van der Waals surface area contributed by atoms with Crippen LogP contribution in [-0.4, -0.2) is 19.9 Å². The Morgan fingerprint density at radius 1 is 0.234 bits per heavy atom. The summed E-state index contributed by atoms with van der Waals surface area (Å²) in [5, 5.41) is 6.94. The summed E-state index contributed by atoms with van der Waals surface area (Å²) in [6.07, 6.45) is 0. The van der Waals surface area contributed by atoms with Crippen LogP contribution in [0.5, 0.6) is 0 Å². The van der Waals surface area contributed by atoms with Crippen LogP contribution in [0.4, 0.5) is 0 Å². The molecule has 0 saturated carbocycles. The van der Waals surface area contributed by atoms with Crippen LogP contribution in [0.2, 0.25) is 0 Å². The van der Waals surface area contributed by atoms with Crippen molar-refractivity contribution in [2.45, 2.75) is 5.41 Å². The van der Waals surface area contributed by atoms with Crippen molar-refractivity contribution in [3.05, 3.63) is 301 Å². The molecule has 2 heterocycles. The van der Waals surface area contributed by atoms with Crippen LogP contribution in [0.15, 0.2) is 279 Å². The van der Waals surface area contributed by atoms with Gasteiger partial charge in [-0.3, -0.25) is 0 Å². The first-order valence-corrected chi connectivity index (χ1v) is 26.3. The molecule has 0 unspecified atom stereocenters. The minimum atomic E-state index is -0.713. The van der Waals surface area contributed by atoms with Gasteiger partial charge >= 0.3 is 0 Å². The standard InChI is InChI=1S/C73H46N4/c1-3-19-59(20-4-1)73(60-21-5-2-6-22-60)65-45-57(71-74-67-25-13-11-23-63(67)69(76-71)51-33-27-49(28-34-51)55-37-31-47-15-7-9-17-53(47)43-55)39-41-61(65)62-42-40-58(46-66(62)73)72-75-68-26-14-12-24-64(68)70(77-72)52-35-29-50(30-36-52)56-38-32-48-16-8-10-18-54(48)44-56/h1-46H. The molecule has 0 fully saturated rings. The Balaban J connectivity index is 0.863. The number of para-hydroxylation sites is 2. The molecule has 0 spiro atoms. The Morgan fingerprint density at radius 3 is 1.03 bits per heavy atom. The van der Waals surface area contributed by atoms with Crippen molar-refractivity contribution in [2.24, 2.45) is 0 Å². The van der Waals surface area contributed by atoms with Gasteiger partial charge in [0.1, 0.15) is 0 Å². The van der Waals surface area contributed by atoms with Crippen LogP contribution in [0, 0.1) is 0 Å². The predicted octanol–water partition coefficient (Wildman–Crippen LogP) is 18.2. The monoisotopic (exact) mass is 978 g/mol.